The number of esters is 1. The van der Waals surface area contributed by atoms with Gasteiger partial charge in [-0.25, -0.2) is 13.2 Å². The van der Waals surface area contributed by atoms with E-state index in [0.717, 1.165) is 4.90 Å². The van der Waals surface area contributed by atoms with Gasteiger partial charge in [-0.3, -0.25) is 9.59 Å². The van der Waals surface area contributed by atoms with Crippen LogP contribution in [0.5, 0.6) is 0 Å². The molecule has 0 aliphatic heterocycles. The maximum Gasteiger partial charge on any atom is 0.339 e. The van der Waals surface area contributed by atoms with Crippen molar-refractivity contribution in [2.75, 3.05) is 33.0 Å². The average molecular weight is 356 g/mol. The van der Waals surface area contributed by atoms with E-state index < -0.39 is 28.3 Å². The van der Waals surface area contributed by atoms with E-state index in [1.165, 1.54) is 45.3 Å². The molecule has 0 radical (unpaired) electrons. The first-order valence-corrected chi connectivity index (χ1v) is 8.81. The van der Waals surface area contributed by atoms with Crippen molar-refractivity contribution in [1.29, 1.82) is 0 Å². The fourth-order valence-corrected chi connectivity index (χ4v) is 2.84. The number of rotatable bonds is 7. The molecule has 0 saturated carbocycles. The number of carbonyl (C=O) groups excluding carboxylic acids is 3. The molecule has 24 heavy (non-hydrogen) atoms. The second kappa shape index (κ2) is 8.44. The van der Waals surface area contributed by atoms with E-state index in [1.807, 2.05) is 0 Å². The van der Waals surface area contributed by atoms with Gasteiger partial charge in [-0.2, -0.15) is 0 Å². The number of hydrogen-bond acceptors (Lipinski definition) is 6. The van der Waals surface area contributed by atoms with Crippen LogP contribution in [-0.4, -0.2) is 64.1 Å². The van der Waals surface area contributed by atoms with Crippen LogP contribution in [0.1, 0.15) is 17.3 Å². The number of hydrogen-bond donors (Lipinski definition) is 1. The molecule has 1 N–H and O–H groups in total. The zero-order chi connectivity index (χ0) is 18.3. The maximum absolute atomic E-state index is 12.1. The third kappa shape index (κ3) is 5.05. The normalized spacial score (nSPS) is 10.8. The van der Waals surface area contributed by atoms with Crippen molar-refractivity contribution >= 4 is 27.6 Å². The van der Waals surface area contributed by atoms with Crippen molar-refractivity contribution in [1.82, 2.24) is 10.2 Å². The predicted octanol–water partition coefficient (Wildman–Crippen LogP) is -0.159. The summed E-state index contributed by atoms with van der Waals surface area (Å²) in [5, 5.41) is 2.36. The molecule has 8 nitrogen and oxygen atoms in total. The van der Waals surface area contributed by atoms with Gasteiger partial charge in [-0.15, -0.1) is 0 Å². The maximum atomic E-state index is 12.1. The van der Waals surface area contributed by atoms with Crippen molar-refractivity contribution in [3.63, 3.8) is 0 Å². The third-order valence-corrected chi connectivity index (χ3v) is 5.02. The lowest BCUT2D eigenvalue weighted by atomic mass is 10.2. The molecule has 1 aromatic carbocycles. The molecule has 2 amide bonds. The Kier molecular flexibility index (Phi) is 6.90. The number of benzene rings is 1. The second-order valence-corrected chi connectivity index (χ2v) is 7.15. The minimum atomic E-state index is -3.60. The summed E-state index contributed by atoms with van der Waals surface area (Å²) in [5.41, 5.74) is -0.124. The van der Waals surface area contributed by atoms with Gasteiger partial charge in [0.15, 0.2) is 16.4 Å². The van der Waals surface area contributed by atoms with Gasteiger partial charge >= 0.3 is 5.97 Å². The molecule has 1 aromatic rings. The Bertz CT molecular complexity index is 729. The summed E-state index contributed by atoms with van der Waals surface area (Å²) in [7, 11) is -0.771. The van der Waals surface area contributed by atoms with E-state index in [-0.39, 0.29) is 28.7 Å². The second-order valence-electron chi connectivity index (χ2n) is 4.90. The highest BCUT2D eigenvalue weighted by Crippen LogP contribution is 2.18. The lowest BCUT2D eigenvalue weighted by Crippen LogP contribution is -2.39. The van der Waals surface area contributed by atoms with Crippen molar-refractivity contribution in [3.8, 4) is 0 Å². The predicted molar refractivity (Wildman–Crippen MR) is 86.2 cm³/mol. The van der Waals surface area contributed by atoms with Crippen LogP contribution in [0.15, 0.2) is 29.2 Å². The highest BCUT2D eigenvalue weighted by Gasteiger charge is 2.22. The summed E-state index contributed by atoms with van der Waals surface area (Å²) in [6.07, 6.45) is 0. The highest BCUT2D eigenvalue weighted by atomic mass is 32.2. The number of ether oxygens (including phenoxy) is 1. The van der Waals surface area contributed by atoms with Crippen molar-refractivity contribution in [2.24, 2.45) is 0 Å². The number of likely N-dealkylation sites (N-methyl/N-ethyl adjacent to an activating group) is 2. The lowest BCUT2D eigenvalue weighted by molar-refractivity contribution is -0.137. The molecular weight excluding hydrogens is 336 g/mol. The first-order chi connectivity index (χ1) is 11.2. The fourth-order valence-electron chi connectivity index (χ4n) is 1.76. The minimum absolute atomic E-state index is 0.124. The number of carbonyl (C=O) groups is 3. The summed E-state index contributed by atoms with van der Waals surface area (Å²) in [6, 6.07) is 5.64. The van der Waals surface area contributed by atoms with Crippen LogP contribution >= 0.6 is 0 Å². The average Bonchev–Trinajstić information content (AvgIpc) is 2.58. The summed E-state index contributed by atoms with van der Waals surface area (Å²) >= 11 is 0. The Labute approximate surface area is 140 Å². The SMILES string of the molecule is CCS(=O)(=O)c1ccccc1C(=O)OCC(=O)N(C)CC(=O)NC. The molecule has 0 aliphatic carbocycles. The molecule has 0 aromatic heterocycles. The van der Waals surface area contributed by atoms with Crippen molar-refractivity contribution < 1.29 is 27.5 Å². The molecule has 9 heteroatoms. The van der Waals surface area contributed by atoms with Gasteiger partial charge in [0.2, 0.25) is 5.91 Å². The minimum Gasteiger partial charge on any atom is -0.452 e. The molecule has 0 heterocycles. The molecule has 0 spiro atoms. The monoisotopic (exact) mass is 356 g/mol. The smallest absolute Gasteiger partial charge is 0.339 e. The van der Waals surface area contributed by atoms with E-state index in [2.05, 4.69) is 5.32 Å². The van der Waals surface area contributed by atoms with Crippen LogP contribution in [0.25, 0.3) is 0 Å². The summed E-state index contributed by atoms with van der Waals surface area (Å²) in [5.74, 6) is -2.02. The van der Waals surface area contributed by atoms with Gasteiger partial charge in [0.1, 0.15) is 0 Å². The zero-order valence-electron chi connectivity index (χ0n) is 13.7. The Morgan fingerprint density at radius 2 is 1.83 bits per heavy atom. The molecular formula is C15H20N2O6S. The van der Waals surface area contributed by atoms with Gasteiger partial charge < -0.3 is 15.0 Å². The molecule has 0 atom stereocenters. The van der Waals surface area contributed by atoms with Gasteiger partial charge in [0.25, 0.3) is 5.91 Å². The van der Waals surface area contributed by atoms with E-state index in [1.54, 1.807) is 0 Å². The molecule has 1 rings (SSSR count). The molecule has 0 fully saturated rings. The first-order valence-electron chi connectivity index (χ1n) is 7.16. The topological polar surface area (TPSA) is 110 Å². The number of nitrogens with zero attached hydrogens (tertiary/aromatic N) is 1. The van der Waals surface area contributed by atoms with Crippen molar-refractivity contribution in [3.05, 3.63) is 29.8 Å². The van der Waals surface area contributed by atoms with E-state index in [0.29, 0.717) is 0 Å². The fraction of sp³-hybridized carbons (Fsp3) is 0.400. The molecule has 0 unspecified atom stereocenters. The Morgan fingerprint density at radius 3 is 2.42 bits per heavy atom. The molecule has 0 aliphatic rings. The summed E-state index contributed by atoms with van der Waals surface area (Å²) in [6.45, 7) is 0.704. The van der Waals surface area contributed by atoms with Crippen LogP contribution in [-0.2, 0) is 24.2 Å². The standard InChI is InChI=1S/C15H20N2O6S/c1-4-24(21,22)12-8-6-5-7-11(12)15(20)23-10-14(19)17(3)9-13(18)16-2/h5-8H,4,9-10H2,1-3H3,(H,16,18). The Morgan fingerprint density at radius 1 is 1.21 bits per heavy atom. The third-order valence-electron chi connectivity index (χ3n) is 3.23. The van der Waals surface area contributed by atoms with Crippen molar-refractivity contribution in [2.45, 2.75) is 11.8 Å². The highest BCUT2D eigenvalue weighted by molar-refractivity contribution is 7.91. The number of sulfone groups is 1. The van der Waals surface area contributed by atoms with E-state index in [9.17, 15) is 22.8 Å². The summed E-state index contributed by atoms with van der Waals surface area (Å²) < 4.78 is 28.9. The Hall–Kier alpha value is -2.42. The first kappa shape index (κ1) is 19.6. The molecule has 0 saturated heterocycles. The number of nitrogens with one attached hydrogen (secondary N) is 1. The van der Waals surface area contributed by atoms with Gasteiger partial charge in [0.05, 0.1) is 22.8 Å². The number of amides is 2. The molecule has 0 bridgehead atoms. The van der Waals surface area contributed by atoms with Crippen LogP contribution in [0.4, 0.5) is 0 Å². The van der Waals surface area contributed by atoms with E-state index >= 15 is 0 Å². The van der Waals surface area contributed by atoms with Crippen LogP contribution in [0.2, 0.25) is 0 Å². The van der Waals surface area contributed by atoms with Gasteiger partial charge in [-0.05, 0) is 12.1 Å². The largest absolute Gasteiger partial charge is 0.452 e. The Balaban J connectivity index is 2.80. The summed E-state index contributed by atoms with van der Waals surface area (Å²) in [4.78, 5) is 36.1. The lowest BCUT2D eigenvalue weighted by Gasteiger charge is -2.16. The zero-order valence-corrected chi connectivity index (χ0v) is 14.6. The van der Waals surface area contributed by atoms with Gasteiger partial charge in [-0.1, -0.05) is 19.1 Å². The van der Waals surface area contributed by atoms with E-state index in [4.69, 9.17) is 4.74 Å². The van der Waals surface area contributed by atoms with Crippen LogP contribution in [0, 0.1) is 0 Å². The molecule has 132 valence electrons. The van der Waals surface area contributed by atoms with Crippen LogP contribution < -0.4 is 5.32 Å². The van der Waals surface area contributed by atoms with Crippen LogP contribution in [0.3, 0.4) is 0 Å². The quantitative estimate of drug-likeness (QED) is 0.680. The van der Waals surface area contributed by atoms with Gasteiger partial charge in [0, 0.05) is 14.1 Å².